The van der Waals surface area contributed by atoms with Crippen molar-refractivity contribution in [1.29, 1.82) is 0 Å². The fourth-order valence-corrected chi connectivity index (χ4v) is 4.55. The molecule has 1 aliphatic heterocycles. The Morgan fingerprint density at radius 3 is 2.53 bits per heavy atom. The van der Waals surface area contributed by atoms with Crippen molar-refractivity contribution in [1.82, 2.24) is 9.13 Å². The summed E-state index contributed by atoms with van der Waals surface area (Å²) in [4.78, 5) is 24.9. The van der Waals surface area contributed by atoms with Crippen LogP contribution in [0.1, 0.15) is 0 Å². The van der Waals surface area contributed by atoms with E-state index in [9.17, 15) is 18.0 Å². The Morgan fingerprint density at radius 2 is 1.83 bits per heavy atom. The second-order valence-electron chi connectivity index (χ2n) is 7.11. The number of halogens is 1. The second-order valence-corrected chi connectivity index (χ2v) is 9.45. The molecule has 2 heterocycles. The Hall–Kier alpha value is -2.98. The molecule has 30 heavy (non-hydrogen) atoms. The maximum absolute atomic E-state index is 12.9. The zero-order chi connectivity index (χ0) is 21.8. The van der Waals surface area contributed by atoms with Crippen molar-refractivity contribution in [2.45, 2.75) is 6.10 Å². The van der Waals surface area contributed by atoms with E-state index in [0.29, 0.717) is 16.2 Å². The van der Waals surface area contributed by atoms with Gasteiger partial charge < -0.3 is 10.1 Å². The van der Waals surface area contributed by atoms with Gasteiger partial charge in [0.05, 0.1) is 29.5 Å². The van der Waals surface area contributed by atoms with Crippen LogP contribution in [0.25, 0.3) is 11.0 Å². The zero-order valence-corrected chi connectivity index (χ0v) is 18.0. The Balaban J connectivity index is 1.64. The predicted octanol–water partition coefficient (Wildman–Crippen LogP) is 1.70. The number of ether oxygens (including phenoxy) is 1. The van der Waals surface area contributed by atoms with Crippen LogP contribution in [0, 0.1) is 0 Å². The molecule has 0 radical (unpaired) electrons. The summed E-state index contributed by atoms with van der Waals surface area (Å²) < 4.78 is 34.4. The average Bonchev–Trinajstić information content (AvgIpc) is 2.90. The molecule has 1 amide bonds. The van der Waals surface area contributed by atoms with E-state index in [0.717, 1.165) is 16.1 Å². The number of rotatable bonds is 3. The van der Waals surface area contributed by atoms with Gasteiger partial charge in [-0.25, -0.2) is 13.2 Å². The third-order valence-electron chi connectivity index (χ3n) is 5.02. The summed E-state index contributed by atoms with van der Waals surface area (Å²) in [6, 6.07) is 9.65. The summed E-state index contributed by atoms with van der Waals surface area (Å²) in [5.41, 5.74) is 1.95. The van der Waals surface area contributed by atoms with Crippen LogP contribution >= 0.6 is 11.6 Å². The normalized spacial score (nSPS) is 16.3. The minimum atomic E-state index is -3.66. The van der Waals surface area contributed by atoms with Crippen LogP contribution < -0.4 is 20.0 Å². The molecule has 0 bridgehead atoms. The van der Waals surface area contributed by atoms with Crippen molar-refractivity contribution < 1.29 is 17.9 Å². The standard InChI is InChI=1S/C19H19ClN4O5S/c1-22-13-6-5-12(9-14(13)23(2)19(22)26)21-18(25)17-10-24(30(3,27)28)15-8-11(20)4-7-16(15)29-17/h4-9,17H,10H2,1-3H3,(H,21,25)/t17-/m0/s1. The lowest BCUT2D eigenvalue weighted by atomic mass is 10.2. The number of imidazole rings is 1. The van der Waals surface area contributed by atoms with E-state index in [-0.39, 0.29) is 23.7 Å². The number of nitrogens with one attached hydrogen (secondary N) is 1. The Labute approximate surface area is 177 Å². The molecule has 1 aliphatic rings. The number of hydrogen-bond acceptors (Lipinski definition) is 5. The van der Waals surface area contributed by atoms with Crippen molar-refractivity contribution in [2.24, 2.45) is 14.1 Å². The van der Waals surface area contributed by atoms with Gasteiger partial charge in [-0.3, -0.25) is 18.2 Å². The highest BCUT2D eigenvalue weighted by Crippen LogP contribution is 2.37. The largest absolute Gasteiger partial charge is 0.476 e. The number of aromatic nitrogens is 2. The number of benzene rings is 2. The molecule has 0 saturated carbocycles. The van der Waals surface area contributed by atoms with Gasteiger partial charge in [0.25, 0.3) is 5.91 Å². The highest BCUT2D eigenvalue weighted by Gasteiger charge is 2.35. The quantitative estimate of drug-likeness (QED) is 0.654. The van der Waals surface area contributed by atoms with Gasteiger partial charge in [-0.15, -0.1) is 0 Å². The molecule has 0 aliphatic carbocycles. The van der Waals surface area contributed by atoms with Crippen LogP contribution in [0.5, 0.6) is 5.75 Å². The monoisotopic (exact) mass is 450 g/mol. The van der Waals surface area contributed by atoms with E-state index in [1.165, 1.54) is 21.3 Å². The molecule has 2 aromatic carbocycles. The van der Waals surface area contributed by atoms with Gasteiger partial charge in [0.1, 0.15) is 5.75 Å². The molecule has 0 unspecified atom stereocenters. The lowest BCUT2D eigenvalue weighted by molar-refractivity contribution is -0.122. The highest BCUT2D eigenvalue weighted by atomic mass is 35.5. The van der Waals surface area contributed by atoms with E-state index >= 15 is 0 Å². The second kappa shape index (κ2) is 7.06. The molecular formula is C19H19ClN4O5S. The van der Waals surface area contributed by atoms with Crippen molar-refractivity contribution in [3.63, 3.8) is 0 Å². The minimum Gasteiger partial charge on any atom is -0.476 e. The smallest absolute Gasteiger partial charge is 0.328 e. The maximum atomic E-state index is 12.9. The third kappa shape index (κ3) is 3.41. The molecule has 3 aromatic rings. The van der Waals surface area contributed by atoms with Crippen molar-refractivity contribution in [2.75, 3.05) is 22.4 Å². The van der Waals surface area contributed by atoms with Gasteiger partial charge in [-0.2, -0.15) is 0 Å². The Kier molecular flexibility index (Phi) is 4.78. The number of nitrogens with zero attached hydrogens (tertiary/aromatic N) is 3. The summed E-state index contributed by atoms with van der Waals surface area (Å²) in [5, 5.41) is 3.09. The van der Waals surface area contributed by atoms with Crippen LogP contribution in [-0.2, 0) is 28.9 Å². The number of amides is 1. The maximum Gasteiger partial charge on any atom is 0.328 e. The first-order valence-corrected chi connectivity index (χ1v) is 11.2. The van der Waals surface area contributed by atoms with Crippen molar-refractivity contribution in [3.8, 4) is 5.75 Å². The van der Waals surface area contributed by atoms with Crippen LogP contribution in [0.2, 0.25) is 5.02 Å². The number of anilines is 2. The summed E-state index contributed by atoms with van der Waals surface area (Å²) in [5.74, 6) is -0.262. The summed E-state index contributed by atoms with van der Waals surface area (Å²) >= 11 is 5.99. The van der Waals surface area contributed by atoms with Gasteiger partial charge >= 0.3 is 5.69 Å². The fourth-order valence-electron chi connectivity index (χ4n) is 3.48. The van der Waals surface area contributed by atoms with Gasteiger partial charge in [0.2, 0.25) is 10.0 Å². The molecule has 158 valence electrons. The molecular weight excluding hydrogens is 432 g/mol. The van der Waals surface area contributed by atoms with E-state index in [2.05, 4.69) is 5.32 Å². The molecule has 1 aromatic heterocycles. The van der Waals surface area contributed by atoms with Gasteiger partial charge in [0, 0.05) is 24.8 Å². The number of fused-ring (bicyclic) bond motifs is 2. The van der Waals surface area contributed by atoms with E-state index in [1.807, 2.05) is 0 Å². The number of sulfonamides is 1. The molecule has 0 saturated heterocycles. The molecule has 1 atom stereocenters. The summed E-state index contributed by atoms with van der Waals surface area (Å²) in [6.45, 7) is -0.190. The molecule has 0 spiro atoms. The number of hydrogen-bond donors (Lipinski definition) is 1. The minimum absolute atomic E-state index is 0.178. The summed E-state index contributed by atoms with van der Waals surface area (Å²) in [7, 11) is -0.344. The van der Waals surface area contributed by atoms with Crippen LogP contribution in [0.3, 0.4) is 0 Å². The topological polar surface area (TPSA) is 103 Å². The molecule has 1 N–H and O–H groups in total. The molecule has 9 nitrogen and oxygen atoms in total. The first kappa shape index (κ1) is 20.3. The number of carbonyl (C=O) groups is 1. The van der Waals surface area contributed by atoms with Gasteiger partial charge in [-0.05, 0) is 36.4 Å². The fraction of sp³-hybridized carbons (Fsp3) is 0.263. The van der Waals surface area contributed by atoms with Crippen LogP contribution in [-0.4, -0.2) is 42.4 Å². The van der Waals surface area contributed by atoms with Crippen LogP contribution in [0.15, 0.2) is 41.2 Å². The summed E-state index contributed by atoms with van der Waals surface area (Å²) in [6.07, 6.45) is -0.00867. The van der Waals surface area contributed by atoms with Gasteiger partial charge in [-0.1, -0.05) is 11.6 Å². The Bertz CT molecular complexity index is 1340. The first-order valence-electron chi connectivity index (χ1n) is 8.96. The highest BCUT2D eigenvalue weighted by molar-refractivity contribution is 7.92. The van der Waals surface area contributed by atoms with Crippen molar-refractivity contribution in [3.05, 3.63) is 51.9 Å². The number of carbonyl (C=O) groups excluding carboxylic acids is 1. The molecule has 0 fully saturated rings. The average molecular weight is 451 g/mol. The first-order chi connectivity index (χ1) is 14.1. The van der Waals surface area contributed by atoms with E-state index < -0.39 is 22.0 Å². The SMILES string of the molecule is Cn1c(=O)n(C)c2cc(NC(=O)[C@@H]3CN(S(C)(=O)=O)c4cc(Cl)ccc4O3)ccc21. The molecule has 11 heteroatoms. The lowest BCUT2D eigenvalue weighted by Crippen LogP contribution is -2.48. The molecule has 4 rings (SSSR count). The van der Waals surface area contributed by atoms with E-state index in [4.69, 9.17) is 16.3 Å². The van der Waals surface area contributed by atoms with Crippen molar-refractivity contribution >= 4 is 49.9 Å². The Morgan fingerprint density at radius 1 is 1.13 bits per heavy atom. The van der Waals surface area contributed by atoms with Crippen LogP contribution in [0.4, 0.5) is 11.4 Å². The number of aryl methyl sites for hydroxylation is 2. The zero-order valence-electron chi connectivity index (χ0n) is 16.4. The third-order valence-corrected chi connectivity index (χ3v) is 6.40. The van der Waals surface area contributed by atoms with Gasteiger partial charge in [0.15, 0.2) is 6.10 Å². The predicted molar refractivity (Wildman–Crippen MR) is 115 cm³/mol. The lowest BCUT2D eigenvalue weighted by Gasteiger charge is -2.34. The van der Waals surface area contributed by atoms with E-state index in [1.54, 1.807) is 38.4 Å².